The van der Waals surface area contributed by atoms with Crippen molar-refractivity contribution >= 4 is 38.4 Å². The van der Waals surface area contributed by atoms with E-state index in [2.05, 4.69) is 20.9 Å². The van der Waals surface area contributed by atoms with E-state index in [4.69, 9.17) is 0 Å². The van der Waals surface area contributed by atoms with E-state index >= 15 is 0 Å². The third-order valence-electron chi connectivity index (χ3n) is 5.25. The third kappa shape index (κ3) is 3.81. The van der Waals surface area contributed by atoms with Crippen molar-refractivity contribution in [2.45, 2.75) is 20.4 Å². The summed E-state index contributed by atoms with van der Waals surface area (Å²) in [6, 6.07) is 22.8. The molecule has 5 heteroatoms. The average Bonchev–Trinajstić information content (AvgIpc) is 2.73. The highest BCUT2D eigenvalue weighted by Gasteiger charge is 2.22. The smallest absolute Gasteiger partial charge is 0.259 e. The number of aryl methyl sites for hydroxylation is 2. The van der Waals surface area contributed by atoms with Crippen LogP contribution >= 0.6 is 15.9 Å². The molecule has 1 N–H and O–H groups in total. The number of anilines is 1. The molecule has 0 fully saturated rings. The summed E-state index contributed by atoms with van der Waals surface area (Å²) in [5.41, 5.74) is 4.48. The molecule has 0 bridgehead atoms. The lowest BCUT2D eigenvalue weighted by molar-refractivity contribution is 0.0984. The summed E-state index contributed by atoms with van der Waals surface area (Å²) in [6.45, 7) is 4.10. The van der Waals surface area contributed by atoms with E-state index in [1.807, 2.05) is 80.6 Å². The molecule has 0 spiro atoms. The fourth-order valence-electron chi connectivity index (χ4n) is 3.63. The predicted octanol–water partition coefficient (Wildman–Crippen LogP) is 5.75. The van der Waals surface area contributed by atoms with Crippen LogP contribution in [0.3, 0.4) is 0 Å². The Morgan fingerprint density at radius 1 is 0.933 bits per heavy atom. The molecular weight excluding hydrogens is 440 g/mol. The molecule has 0 saturated carbocycles. The monoisotopic (exact) mass is 460 g/mol. The Bertz CT molecular complexity index is 1310. The molecule has 4 aromatic rings. The van der Waals surface area contributed by atoms with Crippen LogP contribution in [0.1, 0.15) is 27.0 Å². The minimum absolute atomic E-state index is 0.166. The molecule has 1 heterocycles. The zero-order valence-electron chi connectivity index (χ0n) is 16.8. The van der Waals surface area contributed by atoms with Crippen LogP contribution in [0.15, 0.2) is 82.1 Å². The number of nitrogens with one attached hydrogen (secondary N) is 1. The quantitative estimate of drug-likeness (QED) is 0.421. The molecule has 1 aromatic heterocycles. The Balaban J connectivity index is 1.83. The van der Waals surface area contributed by atoms with Crippen LogP contribution in [-0.4, -0.2) is 10.9 Å². The summed E-state index contributed by atoms with van der Waals surface area (Å²) in [5, 5.41) is 0.947. The van der Waals surface area contributed by atoms with E-state index in [1.165, 1.54) is 0 Å². The van der Waals surface area contributed by atoms with Crippen molar-refractivity contribution in [3.05, 3.63) is 110 Å². The van der Waals surface area contributed by atoms with Gasteiger partial charge in [0.2, 0.25) is 0 Å². The minimum Gasteiger partial charge on any atom is -0.321 e. The number of aromatic nitrogens is 1. The summed E-state index contributed by atoms with van der Waals surface area (Å²) in [4.78, 5) is 31.0. The first-order chi connectivity index (χ1) is 14.5. The molecule has 1 amide bonds. The molecule has 150 valence electrons. The first kappa shape index (κ1) is 20.1. The molecule has 4 rings (SSSR count). The number of hydrogen-bond acceptors (Lipinski definition) is 2. The van der Waals surface area contributed by atoms with Crippen molar-refractivity contribution in [2.24, 2.45) is 0 Å². The second-order valence-corrected chi connectivity index (χ2v) is 8.17. The van der Waals surface area contributed by atoms with Gasteiger partial charge in [-0.25, -0.2) is 0 Å². The minimum atomic E-state index is -0.185. The van der Waals surface area contributed by atoms with Crippen molar-refractivity contribution in [2.75, 3.05) is 4.90 Å². The molecule has 3 aromatic carbocycles. The zero-order chi connectivity index (χ0) is 21.3. The number of amides is 1. The molecule has 0 saturated heterocycles. The van der Waals surface area contributed by atoms with E-state index in [-0.39, 0.29) is 18.0 Å². The number of carbonyl (C=O) groups is 1. The molecule has 0 aliphatic rings. The lowest BCUT2D eigenvalue weighted by atomic mass is 10.1. The molecule has 0 unspecified atom stereocenters. The van der Waals surface area contributed by atoms with Crippen molar-refractivity contribution in [1.82, 2.24) is 4.98 Å². The molecule has 0 aliphatic heterocycles. The van der Waals surface area contributed by atoms with Gasteiger partial charge >= 0.3 is 0 Å². The lowest BCUT2D eigenvalue weighted by Crippen LogP contribution is -2.33. The van der Waals surface area contributed by atoms with E-state index in [1.54, 1.807) is 11.0 Å². The van der Waals surface area contributed by atoms with Gasteiger partial charge in [0.1, 0.15) is 0 Å². The SMILES string of the molecule is Cc1ccccc1N(Cc1cc2cccc(C)c2[nH]c1=O)C(=O)c1ccccc1Br. The normalized spacial score (nSPS) is 10.9. The Morgan fingerprint density at radius 3 is 2.40 bits per heavy atom. The van der Waals surface area contributed by atoms with Gasteiger partial charge in [0.15, 0.2) is 0 Å². The van der Waals surface area contributed by atoms with Crippen molar-refractivity contribution in [3.63, 3.8) is 0 Å². The Morgan fingerprint density at radius 2 is 1.63 bits per heavy atom. The number of halogens is 1. The maximum Gasteiger partial charge on any atom is 0.259 e. The highest BCUT2D eigenvalue weighted by atomic mass is 79.9. The largest absolute Gasteiger partial charge is 0.321 e. The first-order valence-electron chi connectivity index (χ1n) is 9.69. The molecule has 0 atom stereocenters. The lowest BCUT2D eigenvalue weighted by Gasteiger charge is -2.25. The summed E-state index contributed by atoms with van der Waals surface area (Å²) < 4.78 is 0.719. The van der Waals surface area contributed by atoms with Crippen molar-refractivity contribution < 1.29 is 4.79 Å². The highest BCUT2D eigenvalue weighted by Crippen LogP contribution is 2.26. The standard InChI is InChI=1S/C25H21BrN2O2/c1-16-8-3-6-13-22(16)28(25(30)20-11-4-5-12-21(20)26)15-19-14-18-10-7-9-17(2)23(18)27-24(19)29/h3-14H,15H2,1-2H3,(H,27,29). The van der Waals surface area contributed by atoms with Gasteiger partial charge in [-0.05, 0) is 70.6 Å². The number of aromatic amines is 1. The molecular formula is C25H21BrN2O2. The van der Waals surface area contributed by atoms with Gasteiger partial charge in [0.25, 0.3) is 11.5 Å². The van der Waals surface area contributed by atoms with E-state index in [9.17, 15) is 9.59 Å². The van der Waals surface area contributed by atoms with E-state index < -0.39 is 0 Å². The predicted molar refractivity (Wildman–Crippen MR) is 125 cm³/mol. The topological polar surface area (TPSA) is 53.2 Å². The summed E-state index contributed by atoms with van der Waals surface area (Å²) in [6.07, 6.45) is 0. The number of hydrogen-bond donors (Lipinski definition) is 1. The van der Waals surface area contributed by atoms with Gasteiger partial charge < -0.3 is 9.88 Å². The number of nitrogens with zero attached hydrogens (tertiary/aromatic N) is 1. The fraction of sp³-hybridized carbons (Fsp3) is 0.120. The summed E-state index contributed by atoms with van der Waals surface area (Å²) in [7, 11) is 0. The zero-order valence-corrected chi connectivity index (χ0v) is 18.4. The first-order valence-corrected chi connectivity index (χ1v) is 10.5. The van der Waals surface area contributed by atoms with Crippen LogP contribution in [-0.2, 0) is 6.54 Å². The number of carbonyl (C=O) groups excluding carboxylic acids is 1. The molecule has 0 aliphatic carbocycles. The highest BCUT2D eigenvalue weighted by molar-refractivity contribution is 9.10. The number of rotatable bonds is 4. The second-order valence-electron chi connectivity index (χ2n) is 7.32. The number of para-hydroxylation sites is 2. The Hall–Kier alpha value is -3.18. The van der Waals surface area contributed by atoms with Gasteiger partial charge in [-0.2, -0.15) is 0 Å². The van der Waals surface area contributed by atoms with Crippen LogP contribution in [0.5, 0.6) is 0 Å². The molecule has 0 radical (unpaired) electrons. The van der Waals surface area contributed by atoms with Crippen LogP contribution in [0, 0.1) is 13.8 Å². The summed E-state index contributed by atoms with van der Waals surface area (Å²) in [5.74, 6) is -0.166. The van der Waals surface area contributed by atoms with Gasteiger partial charge in [0, 0.05) is 15.7 Å². The second kappa shape index (κ2) is 8.28. The maximum atomic E-state index is 13.5. The maximum absolute atomic E-state index is 13.5. The number of benzene rings is 3. The van der Waals surface area contributed by atoms with E-state index in [0.717, 1.165) is 32.2 Å². The third-order valence-corrected chi connectivity index (χ3v) is 5.94. The van der Waals surface area contributed by atoms with Crippen LogP contribution in [0.25, 0.3) is 10.9 Å². The number of pyridine rings is 1. The fourth-order valence-corrected chi connectivity index (χ4v) is 4.08. The number of fused-ring (bicyclic) bond motifs is 1. The average molecular weight is 461 g/mol. The Kier molecular flexibility index (Phi) is 5.55. The van der Waals surface area contributed by atoms with Crippen LogP contribution < -0.4 is 10.5 Å². The van der Waals surface area contributed by atoms with E-state index in [0.29, 0.717) is 11.1 Å². The Labute approximate surface area is 183 Å². The van der Waals surface area contributed by atoms with Crippen LogP contribution in [0.2, 0.25) is 0 Å². The van der Waals surface area contributed by atoms with Crippen LogP contribution in [0.4, 0.5) is 5.69 Å². The van der Waals surface area contributed by atoms with Gasteiger partial charge in [-0.15, -0.1) is 0 Å². The van der Waals surface area contributed by atoms with Gasteiger partial charge in [-0.3, -0.25) is 9.59 Å². The summed E-state index contributed by atoms with van der Waals surface area (Å²) >= 11 is 3.48. The van der Waals surface area contributed by atoms with Crippen molar-refractivity contribution in [3.8, 4) is 0 Å². The van der Waals surface area contributed by atoms with Gasteiger partial charge in [-0.1, -0.05) is 48.5 Å². The molecule has 4 nitrogen and oxygen atoms in total. The number of H-pyrrole nitrogens is 1. The van der Waals surface area contributed by atoms with Crippen molar-refractivity contribution in [1.29, 1.82) is 0 Å². The van der Waals surface area contributed by atoms with Gasteiger partial charge in [0.05, 0.1) is 17.6 Å². The molecule has 30 heavy (non-hydrogen) atoms.